The number of hydrogen-bond acceptors (Lipinski definition) is 8. The highest BCUT2D eigenvalue weighted by Gasteiger charge is 2.49. The summed E-state index contributed by atoms with van der Waals surface area (Å²) in [6.07, 6.45) is 10.0. The minimum Gasteiger partial charge on any atom is -0.314 e. The largest absolute Gasteiger partial charge is 0.314 e. The van der Waals surface area contributed by atoms with Gasteiger partial charge in [-0.1, -0.05) is 18.9 Å². The van der Waals surface area contributed by atoms with Crippen LogP contribution in [0.1, 0.15) is 73.0 Å². The number of Topliss-reactive ketones (excluding diaryl/α,β-unsaturated/α-hetero) is 1. The van der Waals surface area contributed by atoms with Crippen LogP contribution < -0.4 is 16.2 Å². The van der Waals surface area contributed by atoms with Crippen LogP contribution in [-0.4, -0.2) is 56.4 Å². The lowest BCUT2D eigenvalue weighted by Gasteiger charge is -2.35. The van der Waals surface area contributed by atoms with E-state index in [1.807, 2.05) is 19.2 Å². The summed E-state index contributed by atoms with van der Waals surface area (Å²) in [4.78, 5) is 42.3. The summed E-state index contributed by atoms with van der Waals surface area (Å²) in [5.74, 6) is 0.847. The number of rotatable bonds is 6. The van der Waals surface area contributed by atoms with Gasteiger partial charge in [-0.25, -0.2) is 9.97 Å². The van der Waals surface area contributed by atoms with Crippen LogP contribution in [0.5, 0.6) is 0 Å². The Hall–Kier alpha value is -3.17. The number of ketones is 1. The van der Waals surface area contributed by atoms with E-state index < -0.39 is 0 Å². The lowest BCUT2D eigenvalue weighted by molar-refractivity contribution is 0.101. The van der Waals surface area contributed by atoms with Crippen molar-refractivity contribution < 1.29 is 4.79 Å². The van der Waals surface area contributed by atoms with Crippen molar-refractivity contribution in [3.05, 3.63) is 51.6 Å². The Kier molecular flexibility index (Phi) is 5.84. The number of aromatic nitrogens is 4. The molecule has 3 aliphatic rings. The van der Waals surface area contributed by atoms with Crippen LogP contribution in [0.15, 0.2) is 29.3 Å². The molecule has 9 heteroatoms. The van der Waals surface area contributed by atoms with Gasteiger partial charge in [0.1, 0.15) is 11.5 Å². The molecule has 1 aliphatic heterocycles. The maximum absolute atomic E-state index is 13.4. The summed E-state index contributed by atoms with van der Waals surface area (Å²) in [6.45, 7) is 7.47. The third-order valence-electron chi connectivity index (χ3n) is 8.24. The molecule has 36 heavy (non-hydrogen) atoms. The van der Waals surface area contributed by atoms with Crippen LogP contribution in [0, 0.1) is 6.92 Å². The molecule has 3 fully saturated rings. The standard InChI is InChI=1S/C27H33N7O2/c1-17-21-16-30-26(32-24(21)34(20-5-3-4-6-20)25(36)23(17)18(2)35)31-22-8-7-19(15-29-22)27(9-10-27)33-13-11-28-12-14-33/h7-8,15-16,20,28H,3-6,9-14H2,1-2H3,(H,29,30,31,32). The number of aryl methyl sites for hydroxylation is 1. The Labute approximate surface area is 210 Å². The summed E-state index contributed by atoms with van der Waals surface area (Å²) in [5.41, 5.74) is 2.63. The molecule has 0 aromatic carbocycles. The molecule has 188 valence electrons. The SMILES string of the molecule is CC(=O)c1c(C)c2cnc(Nc3ccc(C4(N5CCNCC5)CC4)cn3)nc2n(C2CCCC2)c1=O. The van der Waals surface area contributed by atoms with Crippen LogP contribution in [-0.2, 0) is 5.54 Å². The second-order valence-electron chi connectivity index (χ2n) is 10.4. The molecule has 6 rings (SSSR count). The van der Waals surface area contributed by atoms with Gasteiger partial charge >= 0.3 is 0 Å². The fourth-order valence-corrected chi connectivity index (χ4v) is 6.17. The minimum atomic E-state index is -0.242. The van der Waals surface area contributed by atoms with Crippen molar-refractivity contribution in [3.63, 3.8) is 0 Å². The quantitative estimate of drug-likeness (QED) is 0.510. The van der Waals surface area contributed by atoms with Gasteiger partial charge in [0.15, 0.2) is 5.78 Å². The van der Waals surface area contributed by atoms with Crippen LogP contribution in [0.3, 0.4) is 0 Å². The lowest BCUT2D eigenvalue weighted by Crippen LogP contribution is -2.48. The molecule has 2 aliphatic carbocycles. The summed E-state index contributed by atoms with van der Waals surface area (Å²) < 4.78 is 1.74. The van der Waals surface area contributed by atoms with E-state index in [4.69, 9.17) is 4.98 Å². The van der Waals surface area contributed by atoms with E-state index in [-0.39, 0.29) is 28.5 Å². The van der Waals surface area contributed by atoms with Crippen molar-refractivity contribution in [3.8, 4) is 0 Å². The molecule has 9 nitrogen and oxygen atoms in total. The van der Waals surface area contributed by atoms with Gasteiger partial charge in [-0.2, -0.15) is 4.98 Å². The Bertz CT molecular complexity index is 1370. The summed E-state index contributed by atoms with van der Waals surface area (Å²) >= 11 is 0. The van der Waals surface area contributed by atoms with Gasteiger partial charge in [-0.15, -0.1) is 0 Å². The van der Waals surface area contributed by atoms with E-state index in [0.717, 1.165) is 57.2 Å². The van der Waals surface area contributed by atoms with Gasteiger partial charge in [0.05, 0.1) is 5.56 Å². The Balaban J connectivity index is 1.32. The number of hydrogen-bond donors (Lipinski definition) is 2. The zero-order valence-electron chi connectivity index (χ0n) is 21.0. The minimum absolute atomic E-state index is 0.0542. The Morgan fingerprint density at radius 3 is 2.50 bits per heavy atom. The van der Waals surface area contributed by atoms with E-state index in [2.05, 4.69) is 31.6 Å². The predicted molar refractivity (Wildman–Crippen MR) is 139 cm³/mol. The molecule has 2 saturated carbocycles. The van der Waals surface area contributed by atoms with Crippen molar-refractivity contribution in [2.45, 2.75) is 64.0 Å². The number of nitrogens with one attached hydrogen (secondary N) is 2. The molecule has 0 bridgehead atoms. The number of piperazine rings is 1. The zero-order chi connectivity index (χ0) is 24.9. The molecule has 0 atom stereocenters. The van der Waals surface area contributed by atoms with Crippen molar-refractivity contribution in [1.29, 1.82) is 0 Å². The van der Waals surface area contributed by atoms with Gasteiger partial charge in [-0.3, -0.25) is 19.1 Å². The Morgan fingerprint density at radius 2 is 1.86 bits per heavy atom. The summed E-state index contributed by atoms with van der Waals surface area (Å²) in [5, 5.41) is 7.41. The van der Waals surface area contributed by atoms with Crippen LogP contribution in [0.25, 0.3) is 11.0 Å². The highest BCUT2D eigenvalue weighted by atomic mass is 16.1. The molecule has 0 radical (unpaired) electrons. The van der Waals surface area contributed by atoms with Gasteiger partial charge in [-0.05, 0) is 56.7 Å². The van der Waals surface area contributed by atoms with E-state index in [1.165, 1.54) is 25.3 Å². The van der Waals surface area contributed by atoms with Crippen molar-refractivity contribution >= 4 is 28.6 Å². The molecule has 4 heterocycles. The molecule has 0 spiro atoms. The highest BCUT2D eigenvalue weighted by molar-refractivity contribution is 5.99. The van der Waals surface area contributed by atoms with Gasteiger partial charge in [0.2, 0.25) is 5.95 Å². The summed E-state index contributed by atoms with van der Waals surface area (Å²) in [7, 11) is 0. The summed E-state index contributed by atoms with van der Waals surface area (Å²) in [6, 6.07) is 4.20. The van der Waals surface area contributed by atoms with Crippen LogP contribution in [0.4, 0.5) is 11.8 Å². The second kappa shape index (κ2) is 9.05. The van der Waals surface area contributed by atoms with Gasteiger partial charge in [0.25, 0.3) is 5.56 Å². The first-order valence-corrected chi connectivity index (χ1v) is 13.1. The van der Waals surface area contributed by atoms with Crippen molar-refractivity contribution in [1.82, 2.24) is 29.7 Å². The highest BCUT2D eigenvalue weighted by Crippen LogP contribution is 2.50. The molecule has 3 aromatic heterocycles. The molecule has 2 N–H and O–H groups in total. The first-order chi connectivity index (χ1) is 17.5. The first kappa shape index (κ1) is 23.2. The van der Waals surface area contributed by atoms with E-state index in [1.54, 1.807) is 10.8 Å². The number of carbonyl (C=O) groups excluding carboxylic acids is 1. The second-order valence-corrected chi connectivity index (χ2v) is 10.4. The predicted octanol–water partition coefficient (Wildman–Crippen LogP) is 3.45. The van der Waals surface area contributed by atoms with Gasteiger partial charge < -0.3 is 10.6 Å². The van der Waals surface area contributed by atoms with Crippen LogP contribution in [0.2, 0.25) is 0 Å². The van der Waals surface area contributed by atoms with E-state index in [0.29, 0.717) is 23.0 Å². The van der Waals surface area contributed by atoms with E-state index >= 15 is 0 Å². The lowest BCUT2D eigenvalue weighted by atomic mass is 10.0. The topological polar surface area (TPSA) is 105 Å². The molecule has 0 unspecified atom stereocenters. The number of anilines is 2. The number of fused-ring (bicyclic) bond motifs is 1. The third-order valence-corrected chi connectivity index (χ3v) is 8.24. The van der Waals surface area contributed by atoms with Crippen LogP contribution >= 0.6 is 0 Å². The van der Waals surface area contributed by atoms with Crippen molar-refractivity contribution in [2.75, 3.05) is 31.5 Å². The maximum atomic E-state index is 13.4. The molecule has 1 saturated heterocycles. The molecular weight excluding hydrogens is 454 g/mol. The first-order valence-electron chi connectivity index (χ1n) is 13.1. The smallest absolute Gasteiger partial charge is 0.263 e. The number of carbonyl (C=O) groups is 1. The monoisotopic (exact) mass is 487 g/mol. The maximum Gasteiger partial charge on any atom is 0.263 e. The molecular formula is C27H33N7O2. The average Bonchev–Trinajstić information content (AvgIpc) is 3.52. The number of pyridine rings is 2. The van der Waals surface area contributed by atoms with Crippen molar-refractivity contribution in [2.24, 2.45) is 0 Å². The third kappa shape index (κ3) is 3.90. The normalized spacial score (nSPS) is 20.1. The fourth-order valence-electron chi connectivity index (χ4n) is 6.17. The van der Waals surface area contributed by atoms with Gasteiger partial charge in [0, 0.05) is 55.5 Å². The Morgan fingerprint density at radius 1 is 1.11 bits per heavy atom. The molecule has 0 amide bonds. The fraction of sp³-hybridized carbons (Fsp3) is 0.519. The van der Waals surface area contributed by atoms with E-state index in [9.17, 15) is 9.59 Å². The average molecular weight is 488 g/mol. The zero-order valence-corrected chi connectivity index (χ0v) is 21.0. The number of nitrogens with zero attached hydrogens (tertiary/aromatic N) is 5. The molecule has 3 aromatic rings.